The highest BCUT2D eigenvalue weighted by molar-refractivity contribution is 6.16. The van der Waals surface area contributed by atoms with E-state index in [0.717, 1.165) is 0 Å². The van der Waals surface area contributed by atoms with Gasteiger partial charge in [0.1, 0.15) is 5.76 Å². The molecule has 0 aliphatic carbocycles. The summed E-state index contributed by atoms with van der Waals surface area (Å²) < 4.78 is 10.5. The molecule has 0 aromatic carbocycles. The zero-order valence-corrected chi connectivity index (χ0v) is 9.00. The Morgan fingerprint density at radius 1 is 1.40 bits per heavy atom. The minimum absolute atomic E-state index is 0.0883. The maximum absolute atomic E-state index is 11.9. The molecule has 0 spiro atoms. The molecule has 82 valence electrons. The average molecular weight is 230 g/mol. The van der Waals surface area contributed by atoms with Gasteiger partial charge < -0.3 is 14.1 Å². The molecule has 1 aliphatic rings. The first-order chi connectivity index (χ1) is 7.31. The molecule has 0 saturated carbocycles. The van der Waals surface area contributed by atoms with E-state index in [1.165, 1.54) is 0 Å². The summed E-state index contributed by atoms with van der Waals surface area (Å²) in [5.41, 5.74) is 0. The predicted octanol–water partition coefficient (Wildman–Crippen LogP) is 1.49. The van der Waals surface area contributed by atoms with E-state index < -0.39 is 0 Å². The molecule has 15 heavy (non-hydrogen) atoms. The van der Waals surface area contributed by atoms with E-state index in [9.17, 15) is 4.79 Å². The number of hydrogen-bond donors (Lipinski definition) is 0. The first kappa shape index (κ1) is 10.5. The Kier molecular flexibility index (Phi) is 3.28. The van der Waals surface area contributed by atoms with Crippen LogP contribution in [0.1, 0.15) is 16.3 Å². The van der Waals surface area contributed by atoms with Crippen molar-refractivity contribution < 1.29 is 13.9 Å². The monoisotopic (exact) mass is 229 g/mol. The average Bonchev–Trinajstić information content (AvgIpc) is 2.78. The van der Waals surface area contributed by atoms with Crippen molar-refractivity contribution in [1.29, 1.82) is 0 Å². The van der Waals surface area contributed by atoms with Gasteiger partial charge in [-0.25, -0.2) is 0 Å². The number of ether oxygens (including phenoxy) is 1. The number of carbonyl (C=O) groups is 1. The Balaban J connectivity index is 2.05. The zero-order valence-electron chi connectivity index (χ0n) is 8.24. The van der Waals surface area contributed by atoms with E-state index in [0.29, 0.717) is 37.8 Å². The molecule has 1 amide bonds. The quantitative estimate of drug-likeness (QED) is 0.722. The van der Waals surface area contributed by atoms with Gasteiger partial charge in [-0.2, -0.15) is 0 Å². The van der Waals surface area contributed by atoms with Crippen molar-refractivity contribution >= 4 is 17.5 Å². The highest BCUT2D eigenvalue weighted by Gasteiger charge is 2.21. The number of halogens is 1. The normalized spacial score (nSPS) is 16.7. The summed E-state index contributed by atoms with van der Waals surface area (Å²) in [6.45, 7) is 2.43. The van der Waals surface area contributed by atoms with Crippen LogP contribution in [0.25, 0.3) is 0 Å². The Hall–Kier alpha value is -1.00. The van der Waals surface area contributed by atoms with Gasteiger partial charge in [0.05, 0.1) is 19.1 Å². The zero-order chi connectivity index (χ0) is 10.7. The fraction of sp³-hybridized carbons (Fsp3) is 0.500. The number of morpholine rings is 1. The van der Waals surface area contributed by atoms with E-state index in [2.05, 4.69) is 0 Å². The van der Waals surface area contributed by atoms with Crippen molar-refractivity contribution in [3.8, 4) is 0 Å². The van der Waals surface area contributed by atoms with Crippen LogP contribution >= 0.6 is 11.6 Å². The molecule has 0 atom stereocenters. The number of alkyl halides is 1. The number of amides is 1. The number of furan rings is 1. The first-order valence-corrected chi connectivity index (χ1v) is 5.36. The summed E-state index contributed by atoms with van der Waals surface area (Å²) >= 11 is 5.59. The lowest BCUT2D eigenvalue weighted by Gasteiger charge is -2.25. The molecule has 5 heteroatoms. The van der Waals surface area contributed by atoms with Gasteiger partial charge in [-0.15, -0.1) is 11.6 Å². The molecule has 0 N–H and O–H groups in total. The van der Waals surface area contributed by atoms with Crippen molar-refractivity contribution in [1.82, 2.24) is 4.90 Å². The summed E-state index contributed by atoms with van der Waals surface area (Å²) in [6, 6.07) is 3.39. The van der Waals surface area contributed by atoms with Gasteiger partial charge in [0.15, 0.2) is 5.76 Å². The molecule has 1 aromatic rings. The molecule has 1 saturated heterocycles. The largest absolute Gasteiger partial charge is 0.455 e. The first-order valence-electron chi connectivity index (χ1n) is 4.83. The van der Waals surface area contributed by atoms with Crippen LogP contribution in [0.4, 0.5) is 0 Å². The Labute approximate surface area is 92.7 Å². The summed E-state index contributed by atoms with van der Waals surface area (Å²) in [6.07, 6.45) is 0. The molecule has 1 fully saturated rings. The van der Waals surface area contributed by atoms with Gasteiger partial charge in [0.2, 0.25) is 0 Å². The van der Waals surface area contributed by atoms with Crippen LogP contribution in [-0.4, -0.2) is 37.1 Å². The molecular weight excluding hydrogens is 218 g/mol. The van der Waals surface area contributed by atoms with Crippen LogP contribution < -0.4 is 0 Å². The topological polar surface area (TPSA) is 42.7 Å². The summed E-state index contributed by atoms with van der Waals surface area (Å²) in [5, 5.41) is 0. The van der Waals surface area contributed by atoms with Gasteiger partial charge >= 0.3 is 0 Å². The van der Waals surface area contributed by atoms with Crippen LogP contribution in [0, 0.1) is 0 Å². The highest BCUT2D eigenvalue weighted by Crippen LogP contribution is 2.13. The number of hydrogen-bond acceptors (Lipinski definition) is 3. The van der Waals surface area contributed by atoms with Crippen LogP contribution in [-0.2, 0) is 10.6 Å². The molecular formula is C10H12ClNO3. The van der Waals surface area contributed by atoms with Crippen molar-refractivity contribution in [2.75, 3.05) is 26.3 Å². The fourth-order valence-electron chi connectivity index (χ4n) is 1.49. The second kappa shape index (κ2) is 4.68. The maximum Gasteiger partial charge on any atom is 0.289 e. The van der Waals surface area contributed by atoms with Crippen LogP contribution in [0.5, 0.6) is 0 Å². The van der Waals surface area contributed by atoms with Gasteiger partial charge in [-0.05, 0) is 12.1 Å². The Morgan fingerprint density at radius 3 is 2.73 bits per heavy atom. The summed E-state index contributed by atoms with van der Waals surface area (Å²) in [5.74, 6) is 1.17. The third-order valence-electron chi connectivity index (χ3n) is 2.30. The number of carbonyl (C=O) groups excluding carboxylic acids is 1. The van der Waals surface area contributed by atoms with Crippen molar-refractivity contribution in [3.63, 3.8) is 0 Å². The van der Waals surface area contributed by atoms with Crippen LogP contribution in [0.3, 0.4) is 0 Å². The highest BCUT2D eigenvalue weighted by atomic mass is 35.5. The van der Waals surface area contributed by atoms with Crippen molar-refractivity contribution in [2.24, 2.45) is 0 Å². The van der Waals surface area contributed by atoms with Crippen molar-refractivity contribution in [3.05, 3.63) is 23.7 Å². The third-order valence-corrected chi connectivity index (χ3v) is 2.57. The SMILES string of the molecule is O=C(c1ccc(CCl)o1)N1CCOCC1. The lowest BCUT2D eigenvalue weighted by molar-refractivity contribution is 0.0282. The Bertz CT molecular complexity index is 344. The molecule has 4 nitrogen and oxygen atoms in total. The summed E-state index contributed by atoms with van der Waals surface area (Å²) in [7, 11) is 0. The third kappa shape index (κ3) is 2.33. The predicted molar refractivity (Wildman–Crippen MR) is 55.0 cm³/mol. The van der Waals surface area contributed by atoms with Gasteiger partial charge in [0.25, 0.3) is 5.91 Å². The minimum atomic E-state index is -0.0883. The molecule has 0 radical (unpaired) electrons. The maximum atomic E-state index is 11.9. The standard InChI is InChI=1S/C10H12ClNO3/c11-7-8-1-2-9(15-8)10(13)12-3-5-14-6-4-12/h1-2H,3-7H2. The summed E-state index contributed by atoms with van der Waals surface area (Å²) in [4.78, 5) is 13.6. The van der Waals surface area contributed by atoms with E-state index in [4.69, 9.17) is 20.8 Å². The molecule has 1 aromatic heterocycles. The van der Waals surface area contributed by atoms with E-state index >= 15 is 0 Å². The van der Waals surface area contributed by atoms with Gasteiger partial charge in [-0.3, -0.25) is 4.79 Å². The lowest BCUT2D eigenvalue weighted by Crippen LogP contribution is -2.40. The Morgan fingerprint density at radius 2 is 2.13 bits per heavy atom. The molecule has 2 heterocycles. The molecule has 1 aliphatic heterocycles. The van der Waals surface area contributed by atoms with Crippen LogP contribution in [0.2, 0.25) is 0 Å². The van der Waals surface area contributed by atoms with Crippen molar-refractivity contribution in [2.45, 2.75) is 5.88 Å². The molecule has 2 rings (SSSR count). The molecule has 0 unspecified atom stereocenters. The fourth-order valence-corrected chi connectivity index (χ4v) is 1.63. The second-order valence-electron chi connectivity index (χ2n) is 3.30. The van der Waals surface area contributed by atoms with E-state index in [1.807, 2.05) is 0 Å². The van der Waals surface area contributed by atoms with Gasteiger partial charge in [-0.1, -0.05) is 0 Å². The van der Waals surface area contributed by atoms with Gasteiger partial charge in [0, 0.05) is 13.1 Å². The number of nitrogens with zero attached hydrogens (tertiary/aromatic N) is 1. The van der Waals surface area contributed by atoms with E-state index in [1.54, 1.807) is 17.0 Å². The minimum Gasteiger partial charge on any atom is -0.455 e. The number of rotatable bonds is 2. The smallest absolute Gasteiger partial charge is 0.289 e. The lowest BCUT2D eigenvalue weighted by atomic mass is 10.3. The molecule has 0 bridgehead atoms. The second-order valence-corrected chi connectivity index (χ2v) is 3.57. The van der Waals surface area contributed by atoms with E-state index in [-0.39, 0.29) is 11.8 Å². The van der Waals surface area contributed by atoms with Crippen LogP contribution in [0.15, 0.2) is 16.5 Å².